The summed E-state index contributed by atoms with van der Waals surface area (Å²) in [6.45, 7) is -5.62. The van der Waals surface area contributed by atoms with Gasteiger partial charge in [-0.25, -0.2) is 22.1 Å². The highest BCUT2D eigenvalue weighted by Crippen LogP contribution is 2.67. The minimum Gasteiger partial charge on any atom is -0.380 e. The first kappa shape index (κ1) is 27.0. The van der Waals surface area contributed by atoms with Crippen LogP contribution in [0.5, 0.6) is 0 Å². The molecule has 20 heteroatoms. The largest absolute Gasteiger partial charge is 0.486 e. The van der Waals surface area contributed by atoms with Crippen LogP contribution in [0.2, 0.25) is 0 Å². The molecule has 4 unspecified atom stereocenters. The van der Waals surface area contributed by atoms with Crippen LogP contribution in [0.4, 0.5) is 4.39 Å². The fraction of sp³-hybridized carbons (Fsp3) is 1.00. The summed E-state index contributed by atoms with van der Waals surface area (Å²) in [5.41, 5.74) is 0. The monoisotopic (exact) mass is 508 g/mol. The molecule has 0 aromatic heterocycles. The van der Waals surface area contributed by atoms with Crippen molar-refractivity contribution < 1.29 is 64.6 Å². The maximum absolute atomic E-state index is 12.1. The molecule has 164 valence electrons. The molecule has 1 saturated heterocycles. The lowest BCUT2D eigenvalue weighted by molar-refractivity contribution is -0.00731. The Hall–Kier alpha value is 0.935. The molecule has 0 saturated carbocycles. The summed E-state index contributed by atoms with van der Waals surface area (Å²) in [5.74, 6) is 0. The van der Waals surface area contributed by atoms with Gasteiger partial charge in [-0.15, -0.1) is 0 Å². The predicted octanol–water partition coefficient (Wildman–Crippen LogP) is 1.27. The zero-order valence-electron chi connectivity index (χ0n) is 14.2. The van der Waals surface area contributed by atoms with Crippen molar-refractivity contribution >= 4 is 49.6 Å². The Balaban J connectivity index is 2.71. The van der Waals surface area contributed by atoms with Crippen LogP contribution in [0, 0.1) is 0 Å². The second kappa shape index (κ2) is 10.5. The summed E-state index contributed by atoms with van der Waals surface area (Å²) in [5, 5.41) is 0. The maximum Gasteiger partial charge on any atom is 0.486 e. The van der Waals surface area contributed by atoms with E-state index in [4.69, 9.17) is 17.1 Å². The highest BCUT2D eigenvalue weighted by molar-refractivity contribution is 8.08. The third-order valence-corrected chi connectivity index (χ3v) is 9.60. The van der Waals surface area contributed by atoms with Crippen molar-refractivity contribution in [3.8, 4) is 0 Å². The van der Waals surface area contributed by atoms with E-state index < -0.39 is 67.8 Å². The van der Waals surface area contributed by atoms with E-state index >= 15 is 0 Å². The highest BCUT2D eigenvalue weighted by atomic mass is 32.5. The van der Waals surface area contributed by atoms with Crippen molar-refractivity contribution in [3.63, 3.8) is 0 Å². The number of rotatable bonds is 12. The first-order valence-corrected chi connectivity index (χ1v) is 14.6. The minimum atomic E-state index is -5.27. The molecule has 0 aromatic rings. The summed E-state index contributed by atoms with van der Waals surface area (Å²) < 4.78 is 73.4. The molecule has 1 fully saturated rings. The van der Waals surface area contributed by atoms with Crippen LogP contribution in [0.15, 0.2) is 0 Å². The first-order valence-electron chi connectivity index (χ1n) is 7.27. The van der Waals surface area contributed by atoms with Crippen molar-refractivity contribution in [1.82, 2.24) is 0 Å². The first-order chi connectivity index (χ1) is 12.6. The number of phosphoric ester groups is 1. The van der Waals surface area contributed by atoms with Crippen LogP contribution < -0.4 is 0 Å². The lowest BCUT2D eigenvalue weighted by Gasteiger charge is -2.24. The smallest absolute Gasteiger partial charge is 0.380 e. The van der Waals surface area contributed by atoms with E-state index in [2.05, 4.69) is 29.5 Å². The van der Waals surface area contributed by atoms with Gasteiger partial charge in [0, 0.05) is 12.2 Å². The Bertz CT molecular complexity index is 725. The molecule has 1 aliphatic heterocycles. The van der Waals surface area contributed by atoms with Crippen LogP contribution in [-0.4, -0.2) is 65.3 Å². The SMILES string of the molecule is [B][C@H]1C[C@H](OP(=O)(O)OCF)[C@@H](COP(O)(=S)OP(=O)(O)OP(=O)(O)CC)O1. The third-order valence-electron chi connectivity index (χ3n) is 2.95. The van der Waals surface area contributed by atoms with Crippen molar-refractivity contribution in [2.75, 3.05) is 19.6 Å². The van der Waals surface area contributed by atoms with Gasteiger partial charge in [-0.05, 0) is 18.2 Å². The summed E-state index contributed by atoms with van der Waals surface area (Å²) in [4.78, 5) is 37.8. The van der Waals surface area contributed by atoms with Crippen LogP contribution >= 0.6 is 30.0 Å². The number of phosphoric acid groups is 2. The molecule has 2 radical (unpaired) electrons. The van der Waals surface area contributed by atoms with Gasteiger partial charge < -0.3 is 28.8 Å². The van der Waals surface area contributed by atoms with Crippen LogP contribution in [0.25, 0.3) is 0 Å². The standard InChI is InChI=1S/C8H18BFO13P4S/c1-2-24(11,12)22-26(15,16)23-27(17,28)18-4-7-6(3-8(9)20-7)21-25(13,14)19-5-10/h6-8H,2-5H2,1H3,(H,11,12)(H,13,14)(H,15,16)(H,17,28)/t6-,7+,8+,27?/m0/s1. The normalized spacial score (nSPS) is 31.4. The van der Waals surface area contributed by atoms with Crippen molar-refractivity contribution in [1.29, 1.82) is 0 Å². The maximum atomic E-state index is 12.1. The molecule has 28 heavy (non-hydrogen) atoms. The average Bonchev–Trinajstić information content (AvgIpc) is 2.81. The Morgan fingerprint density at radius 1 is 1.14 bits per heavy atom. The topological polar surface area (TPSA) is 188 Å². The van der Waals surface area contributed by atoms with E-state index in [0.717, 1.165) is 0 Å². The number of ether oxygens (including phenoxy) is 1. The van der Waals surface area contributed by atoms with E-state index in [0.29, 0.717) is 0 Å². The van der Waals surface area contributed by atoms with Gasteiger partial charge >= 0.3 is 30.0 Å². The zero-order chi connectivity index (χ0) is 21.8. The van der Waals surface area contributed by atoms with Gasteiger partial charge in [-0.2, -0.15) is 0 Å². The fourth-order valence-corrected chi connectivity index (χ4v) is 7.22. The number of hydrogen-bond acceptors (Lipinski definition) is 10. The lowest BCUT2D eigenvalue weighted by atomic mass is 9.96. The van der Waals surface area contributed by atoms with Gasteiger partial charge in [0.1, 0.15) is 14.0 Å². The Labute approximate surface area is 165 Å². The predicted molar refractivity (Wildman–Crippen MR) is 95.6 cm³/mol. The van der Waals surface area contributed by atoms with Crippen LogP contribution in [0.3, 0.4) is 0 Å². The van der Waals surface area contributed by atoms with E-state index in [9.17, 15) is 37.7 Å². The van der Waals surface area contributed by atoms with Crippen LogP contribution in [-0.2, 0) is 52.4 Å². The molecule has 0 aromatic carbocycles. The molecule has 0 spiro atoms. The molecular formula is C8H18BFO13P4S. The van der Waals surface area contributed by atoms with E-state index in [1.54, 1.807) is 0 Å². The molecule has 0 amide bonds. The van der Waals surface area contributed by atoms with Gasteiger partial charge in [0.2, 0.25) is 0 Å². The molecule has 13 nitrogen and oxygen atoms in total. The van der Waals surface area contributed by atoms with E-state index in [1.807, 2.05) is 0 Å². The Morgan fingerprint density at radius 2 is 1.75 bits per heavy atom. The van der Waals surface area contributed by atoms with Crippen molar-refractivity contribution in [3.05, 3.63) is 0 Å². The minimum absolute atomic E-state index is 0.144. The van der Waals surface area contributed by atoms with Gasteiger partial charge in [-0.3, -0.25) is 13.6 Å². The lowest BCUT2D eigenvalue weighted by Crippen LogP contribution is -2.28. The number of halogens is 1. The molecule has 1 heterocycles. The van der Waals surface area contributed by atoms with Gasteiger partial charge in [0.25, 0.3) is 0 Å². The van der Waals surface area contributed by atoms with Gasteiger partial charge in [-0.1, -0.05) is 6.92 Å². The molecular weight excluding hydrogens is 490 g/mol. The summed E-state index contributed by atoms with van der Waals surface area (Å²) in [6.07, 6.45) is -3.14. The molecule has 0 aliphatic carbocycles. The summed E-state index contributed by atoms with van der Waals surface area (Å²) in [7, 11) is -8.99. The van der Waals surface area contributed by atoms with Crippen LogP contribution in [0.1, 0.15) is 13.3 Å². The second-order valence-electron chi connectivity index (χ2n) is 5.15. The molecule has 4 N–H and O–H groups in total. The van der Waals surface area contributed by atoms with Gasteiger partial charge in [0.15, 0.2) is 6.86 Å². The summed E-state index contributed by atoms with van der Waals surface area (Å²) >= 11 is 4.50. The fourth-order valence-electron chi connectivity index (χ4n) is 1.82. The van der Waals surface area contributed by atoms with Crippen molar-refractivity contribution in [2.45, 2.75) is 31.6 Å². The Morgan fingerprint density at radius 3 is 2.29 bits per heavy atom. The second-order valence-corrected chi connectivity index (χ2v) is 13.3. The zero-order valence-corrected chi connectivity index (χ0v) is 18.6. The quantitative estimate of drug-likeness (QED) is 0.218. The van der Waals surface area contributed by atoms with Gasteiger partial charge in [0.05, 0.1) is 12.7 Å². The Kier molecular flexibility index (Phi) is 10.1. The number of alkyl halides is 1. The average molecular weight is 508 g/mol. The summed E-state index contributed by atoms with van der Waals surface area (Å²) in [6, 6.07) is -0.987. The highest BCUT2D eigenvalue weighted by Gasteiger charge is 2.42. The molecule has 1 aliphatic rings. The molecule has 1 rings (SSSR count). The molecule has 7 atom stereocenters. The third kappa shape index (κ3) is 9.83. The van der Waals surface area contributed by atoms with E-state index in [1.165, 1.54) is 6.92 Å². The van der Waals surface area contributed by atoms with Crippen molar-refractivity contribution in [2.24, 2.45) is 0 Å². The van der Waals surface area contributed by atoms with E-state index in [-0.39, 0.29) is 6.42 Å². The number of hydrogen-bond donors (Lipinski definition) is 4. The molecule has 0 bridgehead atoms.